The summed E-state index contributed by atoms with van der Waals surface area (Å²) in [7, 11) is -4.28. The second-order valence-corrected chi connectivity index (χ2v) is 14.1. The van der Waals surface area contributed by atoms with Crippen molar-refractivity contribution in [2.24, 2.45) is 14.6 Å². The van der Waals surface area contributed by atoms with Gasteiger partial charge in [-0.3, -0.25) is 0 Å². The Labute approximate surface area is 130 Å². The van der Waals surface area contributed by atoms with Gasteiger partial charge in [0.05, 0.1) is 26.0 Å². The third-order valence-corrected chi connectivity index (χ3v) is 11.5. The van der Waals surface area contributed by atoms with E-state index in [2.05, 4.69) is 22.6 Å². The molecular formula is C15H30N2O2S2. The average Bonchev–Trinajstić information content (AvgIpc) is 2.71. The van der Waals surface area contributed by atoms with E-state index in [1.54, 1.807) is 0 Å². The van der Waals surface area contributed by atoms with Gasteiger partial charge in [0.25, 0.3) is 0 Å². The van der Waals surface area contributed by atoms with Crippen molar-refractivity contribution >= 4 is 19.5 Å². The Hall–Kier alpha value is -0.100. The Morgan fingerprint density at radius 2 is 1.67 bits per heavy atom. The zero-order valence-electron chi connectivity index (χ0n) is 14.1. The Morgan fingerprint density at radius 1 is 1.00 bits per heavy atom. The molecule has 0 aliphatic carbocycles. The van der Waals surface area contributed by atoms with Crippen LogP contribution in [0.4, 0.5) is 0 Å². The van der Waals surface area contributed by atoms with Crippen LogP contribution in [-0.2, 0) is 19.5 Å². The molecule has 2 rings (SSSR count). The minimum atomic E-state index is -2.14. The van der Waals surface area contributed by atoms with Crippen molar-refractivity contribution in [3.8, 4) is 0 Å². The maximum absolute atomic E-state index is 13.1. The minimum absolute atomic E-state index is 0.275. The highest BCUT2D eigenvalue weighted by atomic mass is 32.2. The second-order valence-electron chi connectivity index (χ2n) is 7.97. The number of hydrogen-bond acceptors (Lipinski definition) is 4. The lowest BCUT2D eigenvalue weighted by molar-refractivity contribution is 0.472. The molecule has 124 valence electrons. The number of rotatable bonds is 3. The van der Waals surface area contributed by atoms with Crippen molar-refractivity contribution in [3.05, 3.63) is 0 Å². The maximum Gasteiger partial charge on any atom is 0.0522 e. The zero-order chi connectivity index (χ0) is 15.9. The summed E-state index contributed by atoms with van der Waals surface area (Å²) in [5.41, 5.74) is 0. The van der Waals surface area contributed by atoms with Crippen LogP contribution < -0.4 is 0 Å². The quantitative estimate of drug-likeness (QED) is 0.795. The summed E-state index contributed by atoms with van der Waals surface area (Å²) in [6.07, 6.45) is 2.88. The van der Waals surface area contributed by atoms with E-state index in [-0.39, 0.29) is 15.4 Å². The first-order valence-corrected chi connectivity index (χ1v) is 11.3. The largest absolute Gasteiger partial charge is 0.249 e. The van der Waals surface area contributed by atoms with E-state index in [4.69, 9.17) is 0 Å². The van der Waals surface area contributed by atoms with Gasteiger partial charge in [0.15, 0.2) is 0 Å². The van der Waals surface area contributed by atoms with Crippen molar-refractivity contribution in [3.63, 3.8) is 0 Å². The molecule has 0 saturated carbocycles. The lowest BCUT2D eigenvalue weighted by atomic mass is 9.98. The van der Waals surface area contributed by atoms with Crippen molar-refractivity contribution in [2.75, 3.05) is 24.6 Å². The predicted molar refractivity (Wildman–Crippen MR) is 91.8 cm³/mol. The monoisotopic (exact) mass is 334 g/mol. The molecule has 2 aliphatic rings. The topological polar surface area (TPSA) is 58.9 Å². The summed E-state index contributed by atoms with van der Waals surface area (Å²) in [6.45, 7) is 11.5. The van der Waals surface area contributed by atoms with Crippen molar-refractivity contribution in [2.45, 2.75) is 63.4 Å². The molecule has 6 heteroatoms. The average molecular weight is 335 g/mol. The fourth-order valence-corrected chi connectivity index (χ4v) is 8.03. The Kier molecular flexibility index (Phi) is 4.53. The van der Waals surface area contributed by atoms with Crippen LogP contribution in [0.3, 0.4) is 0 Å². The molecular weight excluding hydrogens is 304 g/mol. The molecule has 0 spiro atoms. The molecule has 0 saturated heterocycles. The Morgan fingerprint density at radius 3 is 2.14 bits per heavy atom. The van der Waals surface area contributed by atoms with E-state index in [1.807, 2.05) is 20.8 Å². The maximum atomic E-state index is 13.1. The highest BCUT2D eigenvalue weighted by molar-refractivity contribution is 7.95. The van der Waals surface area contributed by atoms with Gasteiger partial charge in [-0.1, -0.05) is 0 Å². The van der Waals surface area contributed by atoms with Crippen molar-refractivity contribution in [1.29, 1.82) is 0 Å². The minimum Gasteiger partial charge on any atom is -0.249 e. The van der Waals surface area contributed by atoms with E-state index in [9.17, 15) is 8.42 Å². The molecule has 0 aromatic heterocycles. The molecule has 0 amide bonds. The SMILES string of the molecule is CC(C)(C)S1(=O)=NCC(CC(C)(C)S2(=O)=NCCCC2)C1. The standard InChI is InChI=1S/C15H30N2O2S2/c1-14(2,3)21(19)12-13(11-17-21)10-15(4,5)20(18)9-7-6-8-16-20/h13H,6-12H2,1-5H3. The van der Waals surface area contributed by atoms with Crippen LogP contribution >= 0.6 is 0 Å². The van der Waals surface area contributed by atoms with Gasteiger partial charge in [-0.2, -0.15) is 0 Å². The molecule has 3 atom stereocenters. The lowest BCUT2D eigenvalue weighted by Crippen LogP contribution is -2.39. The first kappa shape index (κ1) is 17.3. The predicted octanol–water partition coefficient (Wildman–Crippen LogP) is 3.31. The number of nitrogens with zero attached hydrogens (tertiary/aromatic N) is 2. The third kappa shape index (κ3) is 3.31. The molecule has 4 nitrogen and oxygen atoms in total. The van der Waals surface area contributed by atoms with Crippen LogP contribution in [0.5, 0.6) is 0 Å². The summed E-state index contributed by atoms with van der Waals surface area (Å²) >= 11 is 0. The van der Waals surface area contributed by atoms with Crippen molar-refractivity contribution < 1.29 is 8.42 Å². The lowest BCUT2D eigenvalue weighted by Gasteiger charge is -2.33. The summed E-state index contributed by atoms with van der Waals surface area (Å²) in [5, 5.41) is 0. The Bertz CT molecular complexity index is 629. The normalized spacial score (nSPS) is 37.9. The molecule has 0 fully saturated rings. The highest BCUT2D eigenvalue weighted by Gasteiger charge is 2.40. The van der Waals surface area contributed by atoms with Crippen LogP contribution in [0.25, 0.3) is 0 Å². The van der Waals surface area contributed by atoms with Gasteiger partial charge < -0.3 is 0 Å². The van der Waals surface area contributed by atoms with Crippen LogP contribution in [0.1, 0.15) is 53.9 Å². The van der Waals surface area contributed by atoms with E-state index >= 15 is 0 Å². The first-order valence-electron chi connectivity index (χ1n) is 7.89. The zero-order valence-corrected chi connectivity index (χ0v) is 15.7. The smallest absolute Gasteiger partial charge is 0.0522 e. The molecule has 0 bridgehead atoms. The summed E-state index contributed by atoms with van der Waals surface area (Å²) in [4.78, 5) is 0. The van der Waals surface area contributed by atoms with Crippen LogP contribution in [0.2, 0.25) is 0 Å². The fraction of sp³-hybridized carbons (Fsp3) is 1.00. The molecule has 0 aromatic rings. The van der Waals surface area contributed by atoms with E-state index in [0.717, 1.165) is 31.6 Å². The van der Waals surface area contributed by atoms with Gasteiger partial charge in [0.1, 0.15) is 0 Å². The molecule has 21 heavy (non-hydrogen) atoms. The van der Waals surface area contributed by atoms with Crippen LogP contribution in [-0.4, -0.2) is 42.5 Å². The van der Waals surface area contributed by atoms with E-state index < -0.39 is 19.5 Å². The van der Waals surface area contributed by atoms with Crippen molar-refractivity contribution in [1.82, 2.24) is 0 Å². The molecule has 3 unspecified atom stereocenters. The van der Waals surface area contributed by atoms with Gasteiger partial charge in [-0.15, -0.1) is 0 Å². The summed E-state index contributed by atoms with van der Waals surface area (Å²) in [6, 6.07) is 0. The molecule has 2 aliphatic heterocycles. The van der Waals surface area contributed by atoms with Crippen LogP contribution in [0.15, 0.2) is 8.73 Å². The van der Waals surface area contributed by atoms with Gasteiger partial charge in [-0.05, 0) is 59.8 Å². The van der Waals surface area contributed by atoms with Crippen LogP contribution in [0, 0.1) is 5.92 Å². The summed E-state index contributed by atoms with van der Waals surface area (Å²) in [5.74, 6) is 1.65. The molecule has 0 radical (unpaired) electrons. The first-order chi connectivity index (χ1) is 9.49. The Balaban J connectivity index is 2.13. The van der Waals surface area contributed by atoms with Gasteiger partial charge >= 0.3 is 0 Å². The molecule has 0 N–H and O–H groups in total. The van der Waals surface area contributed by atoms with Gasteiger partial charge in [0.2, 0.25) is 0 Å². The highest BCUT2D eigenvalue weighted by Crippen LogP contribution is 2.35. The fourth-order valence-electron chi connectivity index (χ4n) is 3.18. The van der Waals surface area contributed by atoms with E-state index in [0.29, 0.717) is 12.3 Å². The third-order valence-electron chi connectivity index (χ3n) is 4.73. The number of hydrogen-bond donors (Lipinski definition) is 0. The summed E-state index contributed by atoms with van der Waals surface area (Å²) < 4.78 is 34.4. The molecule has 2 heterocycles. The van der Waals surface area contributed by atoms with Gasteiger partial charge in [-0.25, -0.2) is 17.1 Å². The second kappa shape index (κ2) is 5.52. The van der Waals surface area contributed by atoms with Gasteiger partial charge in [0, 0.05) is 27.5 Å². The molecule has 0 aromatic carbocycles. The van der Waals surface area contributed by atoms with E-state index in [1.165, 1.54) is 0 Å².